The molecule has 2 rings (SSSR count). The van der Waals surface area contributed by atoms with Crippen LogP contribution in [0.15, 0.2) is 12.2 Å². The van der Waals surface area contributed by atoms with E-state index >= 15 is 0 Å². The van der Waals surface area contributed by atoms with Gasteiger partial charge in [-0.05, 0) is 27.2 Å². The van der Waals surface area contributed by atoms with Crippen LogP contribution < -0.4 is 0 Å². The molecule has 0 aromatic carbocycles. The summed E-state index contributed by atoms with van der Waals surface area (Å²) in [6.07, 6.45) is 3.91. The van der Waals surface area contributed by atoms with Gasteiger partial charge in [0.05, 0.1) is 6.04 Å². The average Bonchev–Trinajstić information content (AvgIpc) is 2.72. The minimum atomic E-state index is -0.965. The number of nitrogens with zero attached hydrogens (tertiary/aromatic N) is 1. The Morgan fingerprint density at radius 2 is 2.00 bits per heavy atom. The van der Waals surface area contributed by atoms with Crippen molar-refractivity contribution >= 4 is 12.1 Å². The minimum absolute atomic E-state index is 0.0787. The molecule has 1 fully saturated rings. The molecule has 0 radical (unpaired) electrons. The molecule has 17 heavy (non-hydrogen) atoms. The van der Waals surface area contributed by atoms with Gasteiger partial charge in [0.2, 0.25) is 0 Å². The largest absolute Gasteiger partial charge is 0.480 e. The van der Waals surface area contributed by atoms with Gasteiger partial charge >= 0.3 is 12.1 Å². The van der Waals surface area contributed by atoms with E-state index in [1.54, 1.807) is 20.8 Å². The molecule has 2 bridgehead atoms. The number of amides is 1. The van der Waals surface area contributed by atoms with Crippen molar-refractivity contribution in [3.8, 4) is 0 Å². The highest BCUT2D eigenvalue weighted by atomic mass is 16.6. The molecule has 1 aliphatic carbocycles. The molecule has 0 aromatic rings. The Morgan fingerprint density at radius 1 is 1.35 bits per heavy atom. The summed E-state index contributed by atoms with van der Waals surface area (Å²) >= 11 is 0. The summed E-state index contributed by atoms with van der Waals surface area (Å²) in [5.41, 5.74) is -0.605. The highest BCUT2D eigenvalue weighted by Crippen LogP contribution is 2.38. The van der Waals surface area contributed by atoms with Crippen molar-refractivity contribution in [3.63, 3.8) is 0 Å². The Balaban J connectivity index is 2.17. The molecule has 3 atom stereocenters. The van der Waals surface area contributed by atoms with E-state index in [1.165, 1.54) is 4.90 Å². The minimum Gasteiger partial charge on any atom is -0.480 e. The average molecular weight is 239 g/mol. The number of likely N-dealkylation sites (tertiary alicyclic amines) is 1. The first-order valence-corrected chi connectivity index (χ1v) is 5.72. The van der Waals surface area contributed by atoms with Crippen molar-refractivity contribution < 1.29 is 19.4 Å². The van der Waals surface area contributed by atoms with Crippen LogP contribution in [0.1, 0.15) is 27.2 Å². The SMILES string of the molecule is CC(C)(C)OC(=O)N1[C@@H]2C=C[C@@H](C2)[C@H]1C(=O)O. The fourth-order valence-corrected chi connectivity index (χ4v) is 2.43. The molecule has 1 saturated heterocycles. The van der Waals surface area contributed by atoms with E-state index in [9.17, 15) is 9.59 Å². The second-order valence-corrected chi connectivity index (χ2v) is 5.52. The molecule has 0 saturated carbocycles. The molecule has 1 amide bonds. The first-order valence-electron chi connectivity index (χ1n) is 5.72. The fourth-order valence-electron chi connectivity index (χ4n) is 2.43. The zero-order chi connectivity index (χ0) is 12.8. The van der Waals surface area contributed by atoms with Gasteiger partial charge in [0.1, 0.15) is 11.6 Å². The maximum Gasteiger partial charge on any atom is 0.411 e. The van der Waals surface area contributed by atoms with Gasteiger partial charge in [-0.2, -0.15) is 0 Å². The first-order chi connectivity index (χ1) is 7.79. The standard InChI is InChI=1S/C12H17NO4/c1-12(2,3)17-11(16)13-8-5-4-7(6-8)9(13)10(14)15/h4-5,7-9H,6H2,1-3H3,(H,14,15)/t7-,8+,9-/m0/s1. The van der Waals surface area contributed by atoms with Crippen molar-refractivity contribution in [2.24, 2.45) is 5.92 Å². The smallest absolute Gasteiger partial charge is 0.411 e. The van der Waals surface area contributed by atoms with Crippen LogP contribution in [0.3, 0.4) is 0 Å². The van der Waals surface area contributed by atoms with Gasteiger partial charge in [0, 0.05) is 5.92 Å². The van der Waals surface area contributed by atoms with Crippen LogP contribution in [0.25, 0.3) is 0 Å². The van der Waals surface area contributed by atoms with Crippen molar-refractivity contribution in [1.29, 1.82) is 0 Å². The lowest BCUT2D eigenvalue weighted by Crippen LogP contribution is -2.49. The molecule has 1 aliphatic heterocycles. The monoisotopic (exact) mass is 239 g/mol. The molecule has 2 aliphatic rings. The number of hydrogen-bond donors (Lipinski definition) is 1. The summed E-state index contributed by atoms with van der Waals surface area (Å²) < 4.78 is 5.24. The number of carbonyl (C=O) groups excluding carboxylic acids is 1. The zero-order valence-corrected chi connectivity index (χ0v) is 10.2. The van der Waals surface area contributed by atoms with Crippen LogP contribution in [-0.2, 0) is 9.53 Å². The number of ether oxygens (including phenoxy) is 1. The van der Waals surface area contributed by atoms with Gasteiger partial charge in [-0.15, -0.1) is 0 Å². The van der Waals surface area contributed by atoms with E-state index in [1.807, 2.05) is 12.2 Å². The molecular weight excluding hydrogens is 222 g/mol. The predicted molar refractivity (Wildman–Crippen MR) is 60.5 cm³/mol. The highest BCUT2D eigenvalue weighted by Gasteiger charge is 2.50. The lowest BCUT2D eigenvalue weighted by molar-refractivity contribution is -0.143. The van der Waals surface area contributed by atoms with Gasteiger partial charge in [-0.25, -0.2) is 9.59 Å². The number of carboxylic acid groups (broad SMARTS) is 1. The topological polar surface area (TPSA) is 66.8 Å². The van der Waals surface area contributed by atoms with Crippen molar-refractivity contribution in [2.75, 3.05) is 0 Å². The quantitative estimate of drug-likeness (QED) is 0.706. The Hall–Kier alpha value is -1.52. The number of aliphatic carboxylic acids is 1. The summed E-state index contributed by atoms with van der Waals surface area (Å²) in [5.74, 6) is -1.04. The lowest BCUT2D eigenvalue weighted by atomic mass is 10.0. The number of fused-ring (bicyclic) bond motifs is 2. The Labute approximate surface area is 100 Å². The molecule has 0 spiro atoms. The van der Waals surface area contributed by atoms with Crippen LogP contribution in [0, 0.1) is 5.92 Å². The third kappa shape index (κ3) is 2.14. The van der Waals surface area contributed by atoms with E-state index in [-0.39, 0.29) is 12.0 Å². The third-order valence-electron chi connectivity index (χ3n) is 3.01. The molecule has 0 unspecified atom stereocenters. The van der Waals surface area contributed by atoms with E-state index in [0.717, 1.165) is 0 Å². The first kappa shape index (κ1) is 12.0. The van der Waals surface area contributed by atoms with Gasteiger partial charge in [0.15, 0.2) is 0 Å². The Bertz CT molecular complexity index is 382. The third-order valence-corrected chi connectivity index (χ3v) is 3.01. The maximum absolute atomic E-state index is 12.0. The number of carboxylic acids is 1. The highest BCUT2D eigenvalue weighted by molar-refractivity contribution is 5.82. The zero-order valence-electron chi connectivity index (χ0n) is 10.2. The van der Waals surface area contributed by atoms with Gasteiger partial charge in [-0.1, -0.05) is 12.2 Å². The molecular formula is C12H17NO4. The van der Waals surface area contributed by atoms with E-state index in [0.29, 0.717) is 6.42 Å². The van der Waals surface area contributed by atoms with E-state index < -0.39 is 23.7 Å². The normalized spacial score (nSPS) is 30.8. The van der Waals surface area contributed by atoms with Crippen LogP contribution in [0.4, 0.5) is 4.79 Å². The number of carbonyl (C=O) groups is 2. The van der Waals surface area contributed by atoms with Crippen LogP contribution in [-0.4, -0.2) is 39.8 Å². The van der Waals surface area contributed by atoms with E-state index in [2.05, 4.69) is 0 Å². The van der Waals surface area contributed by atoms with Crippen LogP contribution in [0.2, 0.25) is 0 Å². The predicted octanol–water partition coefficient (Wildman–Crippen LogP) is 1.64. The van der Waals surface area contributed by atoms with Crippen LogP contribution in [0.5, 0.6) is 0 Å². The second-order valence-electron chi connectivity index (χ2n) is 5.52. The molecule has 5 heteroatoms. The maximum atomic E-state index is 12.0. The fraction of sp³-hybridized carbons (Fsp3) is 0.667. The number of hydrogen-bond acceptors (Lipinski definition) is 3. The van der Waals surface area contributed by atoms with Gasteiger partial charge in [0.25, 0.3) is 0 Å². The number of rotatable bonds is 1. The van der Waals surface area contributed by atoms with Crippen LogP contribution >= 0.6 is 0 Å². The molecule has 1 N–H and O–H groups in total. The van der Waals surface area contributed by atoms with E-state index in [4.69, 9.17) is 9.84 Å². The van der Waals surface area contributed by atoms with Gasteiger partial charge < -0.3 is 9.84 Å². The molecule has 94 valence electrons. The second kappa shape index (κ2) is 3.75. The molecule has 5 nitrogen and oxygen atoms in total. The lowest BCUT2D eigenvalue weighted by Gasteiger charge is -2.32. The summed E-state index contributed by atoms with van der Waals surface area (Å²) in [4.78, 5) is 24.5. The summed E-state index contributed by atoms with van der Waals surface area (Å²) in [5, 5.41) is 9.17. The summed E-state index contributed by atoms with van der Waals surface area (Å²) in [6, 6.07) is -0.907. The van der Waals surface area contributed by atoms with Crippen molar-refractivity contribution in [3.05, 3.63) is 12.2 Å². The molecule has 0 aromatic heterocycles. The summed E-state index contributed by atoms with van der Waals surface area (Å²) in [7, 11) is 0. The summed E-state index contributed by atoms with van der Waals surface area (Å²) in [6.45, 7) is 5.31. The Kier molecular flexibility index (Phi) is 2.64. The molecule has 1 heterocycles. The van der Waals surface area contributed by atoms with Crippen molar-refractivity contribution in [1.82, 2.24) is 4.90 Å². The van der Waals surface area contributed by atoms with Crippen molar-refractivity contribution in [2.45, 2.75) is 44.9 Å². The van der Waals surface area contributed by atoms with Gasteiger partial charge in [-0.3, -0.25) is 4.90 Å². The Morgan fingerprint density at radius 3 is 2.53 bits per heavy atom.